The predicted molar refractivity (Wildman–Crippen MR) is 80.6 cm³/mol. The lowest BCUT2D eigenvalue weighted by Gasteiger charge is -2.22. The van der Waals surface area contributed by atoms with Gasteiger partial charge in [0.2, 0.25) is 0 Å². The summed E-state index contributed by atoms with van der Waals surface area (Å²) in [6.45, 7) is 1.67. The van der Waals surface area contributed by atoms with Crippen LogP contribution in [0.3, 0.4) is 0 Å². The first-order chi connectivity index (χ1) is 10.2. The van der Waals surface area contributed by atoms with Crippen molar-refractivity contribution in [2.45, 2.75) is 13.1 Å². The topological polar surface area (TPSA) is 32.7 Å². The predicted octanol–water partition coefficient (Wildman–Crippen LogP) is 2.83. The van der Waals surface area contributed by atoms with E-state index >= 15 is 0 Å². The molecule has 0 saturated heterocycles. The third-order valence-electron chi connectivity index (χ3n) is 3.32. The normalized spacial score (nSPS) is 10.9. The number of ether oxygens (including phenoxy) is 1. The number of hydrogen-bond donors (Lipinski definition) is 1. The Kier molecular flexibility index (Phi) is 5.72. The van der Waals surface area contributed by atoms with Gasteiger partial charge in [0, 0.05) is 31.3 Å². The molecule has 3 nitrogen and oxygen atoms in total. The van der Waals surface area contributed by atoms with Gasteiger partial charge >= 0.3 is 0 Å². The summed E-state index contributed by atoms with van der Waals surface area (Å²) in [5, 5.41) is 9.19. The van der Waals surface area contributed by atoms with Gasteiger partial charge in [0.25, 0.3) is 0 Å². The van der Waals surface area contributed by atoms with E-state index in [-0.39, 0.29) is 12.4 Å². The van der Waals surface area contributed by atoms with Crippen LogP contribution in [-0.4, -0.2) is 30.3 Å². The molecule has 0 unspecified atom stereocenters. The maximum absolute atomic E-state index is 14.0. The van der Waals surface area contributed by atoms with E-state index in [1.807, 2.05) is 35.2 Å². The number of nitrogens with zero attached hydrogens (tertiary/aromatic N) is 1. The fourth-order valence-electron chi connectivity index (χ4n) is 2.22. The second-order valence-electron chi connectivity index (χ2n) is 4.88. The molecule has 0 aliphatic rings. The molecular weight excluding hydrogens is 269 g/mol. The van der Waals surface area contributed by atoms with E-state index in [9.17, 15) is 9.50 Å². The minimum atomic E-state index is -0.287. The molecule has 2 aromatic carbocycles. The molecule has 0 heterocycles. The summed E-state index contributed by atoms with van der Waals surface area (Å²) in [4.78, 5) is 2.01. The number of halogens is 1. The van der Waals surface area contributed by atoms with Crippen LogP contribution in [-0.2, 0) is 13.1 Å². The molecule has 0 aromatic heterocycles. The standard InChI is InChI=1S/C17H20FNO2/c1-21-16-8-7-15(17(18)11-16)13-19(9-10-20)12-14-5-3-2-4-6-14/h2-8,11,20H,9-10,12-13H2,1H3. The lowest BCUT2D eigenvalue weighted by molar-refractivity contribution is 0.182. The summed E-state index contributed by atoms with van der Waals surface area (Å²) >= 11 is 0. The quantitative estimate of drug-likeness (QED) is 0.851. The third kappa shape index (κ3) is 4.55. The number of hydrogen-bond acceptors (Lipinski definition) is 3. The summed E-state index contributed by atoms with van der Waals surface area (Å²) in [5.41, 5.74) is 1.74. The Balaban J connectivity index is 2.09. The van der Waals surface area contributed by atoms with Crippen molar-refractivity contribution in [2.24, 2.45) is 0 Å². The van der Waals surface area contributed by atoms with Crippen LogP contribution in [0.5, 0.6) is 5.75 Å². The molecule has 0 fully saturated rings. The van der Waals surface area contributed by atoms with Crippen LogP contribution in [0.1, 0.15) is 11.1 Å². The summed E-state index contributed by atoms with van der Waals surface area (Å²) < 4.78 is 19.0. The Hall–Kier alpha value is -1.91. The van der Waals surface area contributed by atoms with E-state index in [0.717, 1.165) is 5.56 Å². The average molecular weight is 289 g/mol. The molecule has 0 aliphatic carbocycles. The van der Waals surface area contributed by atoms with Crippen LogP contribution in [0.4, 0.5) is 4.39 Å². The van der Waals surface area contributed by atoms with Crippen molar-refractivity contribution in [1.82, 2.24) is 4.90 Å². The van der Waals surface area contributed by atoms with E-state index in [4.69, 9.17) is 4.74 Å². The van der Waals surface area contributed by atoms with Crippen molar-refractivity contribution in [3.8, 4) is 5.75 Å². The number of benzene rings is 2. The summed E-state index contributed by atoms with van der Waals surface area (Å²) in [7, 11) is 1.52. The number of aliphatic hydroxyl groups excluding tert-OH is 1. The molecule has 0 aliphatic heterocycles. The Labute approximate surface area is 124 Å². The second kappa shape index (κ2) is 7.76. The van der Waals surface area contributed by atoms with E-state index < -0.39 is 0 Å². The van der Waals surface area contributed by atoms with Crippen molar-refractivity contribution in [2.75, 3.05) is 20.3 Å². The summed E-state index contributed by atoms with van der Waals surface area (Å²) in [5.74, 6) is 0.221. The van der Waals surface area contributed by atoms with Gasteiger partial charge < -0.3 is 9.84 Å². The van der Waals surface area contributed by atoms with Crippen molar-refractivity contribution in [3.63, 3.8) is 0 Å². The highest BCUT2D eigenvalue weighted by molar-refractivity contribution is 5.29. The Morgan fingerprint density at radius 2 is 1.86 bits per heavy atom. The molecule has 0 radical (unpaired) electrons. The maximum atomic E-state index is 14.0. The van der Waals surface area contributed by atoms with E-state index in [2.05, 4.69) is 0 Å². The zero-order chi connectivity index (χ0) is 15.1. The minimum absolute atomic E-state index is 0.0462. The van der Waals surface area contributed by atoms with Gasteiger partial charge in [-0.15, -0.1) is 0 Å². The first kappa shape index (κ1) is 15.5. The fourth-order valence-corrected chi connectivity index (χ4v) is 2.22. The Bertz CT molecular complexity index is 560. The molecule has 0 bridgehead atoms. The molecule has 21 heavy (non-hydrogen) atoms. The molecule has 2 aromatic rings. The molecule has 2 rings (SSSR count). The average Bonchev–Trinajstić information content (AvgIpc) is 2.50. The van der Waals surface area contributed by atoms with Crippen molar-refractivity contribution in [3.05, 3.63) is 65.5 Å². The van der Waals surface area contributed by atoms with Gasteiger partial charge in [0.15, 0.2) is 0 Å². The zero-order valence-corrected chi connectivity index (χ0v) is 12.1. The lowest BCUT2D eigenvalue weighted by atomic mass is 10.1. The monoisotopic (exact) mass is 289 g/mol. The molecular formula is C17H20FNO2. The van der Waals surface area contributed by atoms with Gasteiger partial charge in [-0.3, -0.25) is 4.90 Å². The summed E-state index contributed by atoms with van der Waals surface area (Å²) in [6.07, 6.45) is 0. The van der Waals surface area contributed by atoms with Gasteiger partial charge in [0.05, 0.1) is 13.7 Å². The van der Waals surface area contributed by atoms with Crippen LogP contribution in [0, 0.1) is 5.82 Å². The van der Waals surface area contributed by atoms with Gasteiger partial charge in [-0.05, 0) is 11.6 Å². The SMILES string of the molecule is COc1ccc(CN(CCO)Cc2ccccc2)c(F)c1. The van der Waals surface area contributed by atoms with E-state index in [0.29, 0.717) is 30.9 Å². The largest absolute Gasteiger partial charge is 0.497 e. The van der Waals surface area contributed by atoms with Crippen LogP contribution in [0.15, 0.2) is 48.5 Å². The van der Waals surface area contributed by atoms with Crippen LogP contribution in [0.25, 0.3) is 0 Å². The number of methoxy groups -OCH3 is 1. The fraction of sp³-hybridized carbons (Fsp3) is 0.294. The molecule has 0 spiro atoms. The first-order valence-corrected chi connectivity index (χ1v) is 6.92. The molecule has 0 saturated carbocycles. The van der Waals surface area contributed by atoms with E-state index in [1.54, 1.807) is 12.1 Å². The van der Waals surface area contributed by atoms with Crippen LogP contribution in [0.2, 0.25) is 0 Å². The van der Waals surface area contributed by atoms with Gasteiger partial charge in [0.1, 0.15) is 11.6 Å². The third-order valence-corrected chi connectivity index (χ3v) is 3.32. The molecule has 4 heteroatoms. The summed E-state index contributed by atoms with van der Waals surface area (Å²) in [6, 6.07) is 14.8. The van der Waals surface area contributed by atoms with Crippen LogP contribution >= 0.6 is 0 Å². The van der Waals surface area contributed by atoms with Gasteiger partial charge in [-0.1, -0.05) is 36.4 Å². The second-order valence-corrected chi connectivity index (χ2v) is 4.88. The van der Waals surface area contributed by atoms with Crippen molar-refractivity contribution in [1.29, 1.82) is 0 Å². The maximum Gasteiger partial charge on any atom is 0.131 e. The van der Waals surface area contributed by atoms with Crippen molar-refractivity contribution < 1.29 is 14.2 Å². The Morgan fingerprint density at radius 3 is 2.48 bits per heavy atom. The number of rotatable bonds is 7. The minimum Gasteiger partial charge on any atom is -0.497 e. The molecule has 1 N–H and O–H groups in total. The molecule has 112 valence electrons. The van der Waals surface area contributed by atoms with Gasteiger partial charge in [-0.25, -0.2) is 4.39 Å². The van der Waals surface area contributed by atoms with Crippen molar-refractivity contribution >= 4 is 0 Å². The lowest BCUT2D eigenvalue weighted by Crippen LogP contribution is -2.26. The zero-order valence-electron chi connectivity index (χ0n) is 12.1. The first-order valence-electron chi connectivity index (χ1n) is 6.92. The highest BCUT2D eigenvalue weighted by Crippen LogP contribution is 2.18. The van der Waals surface area contributed by atoms with Crippen LogP contribution < -0.4 is 4.74 Å². The van der Waals surface area contributed by atoms with Gasteiger partial charge in [-0.2, -0.15) is 0 Å². The molecule has 0 atom stereocenters. The van der Waals surface area contributed by atoms with E-state index in [1.165, 1.54) is 13.2 Å². The number of aliphatic hydroxyl groups is 1. The molecule has 0 amide bonds. The highest BCUT2D eigenvalue weighted by Gasteiger charge is 2.10. The Morgan fingerprint density at radius 1 is 1.10 bits per heavy atom. The highest BCUT2D eigenvalue weighted by atomic mass is 19.1. The smallest absolute Gasteiger partial charge is 0.131 e.